The molecule has 2 aromatic carbocycles. The van der Waals surface area contributed by atoms with Gasteiger partial charge in [-0.15, -0.1) is 12.4 Å². The molecule has 1 aliphatic carbocycles. The Morgan fingerprint density at radius 1 is 1.06 bits per heavy atom. The SMILES string of the molecule is COC(=O)C1CCC(N(Cc2ccccc2)C(=O)N2CC=C(c3ccc(C(=N)N)cc3)CC2)CC1.Cl. The number of amides is 2. The van der Waals surface area contributed by atoms with Crippen molar-refractivity contribution in [1.82, 2.24) is 9.80 Å². The number of hydrogen-bond acceptors (Lipinski definition) is 4. The summed E-state index contributed by atoms with van der Waals surface area (Å²) >= 11 is 0. The maximum atomic E-state index is 13.7. The first-order valence-corrected chi connectivity index (χ1v) is 12.3. The van der Waals surface area contributed by atoms with E-state index in [1.165, 1.54) is 12.7 Å². The zero-order valence-corrected chi connectivity index (χ0v) is 21.5. The summed E-state index contributed by atoms with van der Waals surface area (Å²) in [5.74, 6) is -0.153. The molecular formula is C28H35ClN4O3. The van der Waals surface area contributed by atoms with Crippen LogP contribution in [0.25, 0.3) is 5.57 Å². The number of nitrogens with zero attached hydrogens (tertiary/aromatic N) is 2. The molecule has 36 heavy (non-hydrogen) atoms. The van der Waals surface area contributed by atoms with Crippen molar-refractivity contribution in [3.05, 3.63) is 77.4 Å². The fourth-order valence-electron chi connectivity index (χ4n) is 5.07. The van der Waals surface area contributed by atoms with E-state index in [0.717, 1.165) is 43.2 Å². The molecule has 0 aromatic heterocycles. The van der Waals surface area contributed by atoms with Crippen molar-refractivity contribution in [3.63, 3.8) is 0 Å². The van der Waals surface area contributed by atoms with Crippen LogP contribution in [0.15, 0.2) is 60.7 Å². The van der Waals surface area contributed by atoms with E-state index < -0.39 is 0 Å². The number of carbonyl (C=O) groups is 2. The molecule has 1 fully saturated rings. The van der Waals surface area contributed by atoms with Gasteiger partial charge in [-0.1, -0.05) is 60.7 Å². The zero-order chi connectivity index (χ0) is 24.8. The predicted octanol–water partition coefficient (Wildman–Crippen LogP) is 4.84. The number of ether oxygens (including phenoxy) is 1. The number of nitrogens with one attached hydrogen (secondary N) is 1. The van der Waals surface area contributed by atoms with E-state index in [1.54, 1.807) is 0 Å². The van der Waals surface area contributed by atoms with Gasteiger partial charge in [0.1, 0.15) is 5.84 Å². The Balaban J connectivity index is 0.00000361. The fraction of sp³-hybridized carbons (Fsp3) is 0.393. The number of esters is 1. The Morgan fingerprint density at radius 3 is 2.28 bits per heavy atom. The molecule has 1 aliphatic heterocycles. The van der Waals surface area contributed by atoms with Crippen LogP contribution < -0.4 is 5.73 Å². The molecule has 0 radical (unpaired) electrons. The Morgan fingerprint density at radius 2 is 1.72 bits per heavy atom. The van der Waals surface area contributed by atoms with Crippen molar-refractivity contribution >= 4 is 35.8 Å². The number of hydrogen-bond donors (Lipinski definition) is 2. The third-order valence-electron chi connectivity index (χ3n) is 7.16. The van der Waals surface area contributed by atoms with Gasteiger partial charge in [0, 0.05) is 31.2 Å². The van der Waals surface area contributed by atoms with Crippen LogP contribution in [0.1, 0.15) is 48.8 Å². The zero-order valence-electron chi connectivity index (χ0n) is 20.7. The molecule has 8 heteroatoms. The number of amidine groups is 1. The highest BCUT2D eigenvalue weighted by atomic mass is 35.5. The van der Waals surface area contributed by atoms with Gasteiger partial charge in [0.05, 0.1) is 13.0 Å². The lowest BCUT2D eigenvalue weighted by Crippen LogP contribution is -2.50. The molecule has 1 heterocycles. The number of nitrogens with two attached hydrogens (primary N) is 1. The van der Waals surface area contributed by atoms with Gasteiger partial charge >= 0.3 is 12.0 Å². The molecule has 0 saturated heterocycles. The molecule has 0 atom stereocenters. The lowest BCUT2D eigenvalue weighted by Gasteiger charge is -2.40. The second-order valence-electron chi connectivity index (χ2n) is 9.34. The quantitative estimate of drug-likeness (QED) is 0.330. The van der Waals surface area contributed by atoms with Gasteiger partial charge in [0.15, 0.2) is 0 Å². The van der Waals surface area contributed by atoms with Crippen LogP contribution in [-0.2, 0) is 16.1 Å². The van der Waals surface area contributed by atoms with Crippen molar-refractivity contribution in [2.45, 2.75) is 44.7 Å². The first-order chi connectivity index (χ1) is 17.0. The lowest BCUT2D eigenvalue weighted by molar-refractivity contribution is -0.146. The Labute approximate surface area is 219 Å². The number of rotatable bonds is 6. The van der Waals surface area contributed by atoms with Crippen LogP contribution in [0, 0.1) is 11.3 Å². The van der Waals surface area contributed by atoms with E-state index in [2.05, 4.69) is 18.2 Å². The number of nitrogen functional groups attached to an aromatic ring is 1. The van der Waals surface area contributed by atoms with Crippen LogP contribution in [0.3, 0.4) is 0 Å². The van der Waals surface area contributed by atoms with Gasteiger partial charge in [-0.25, -0.2) is 4.79 Å². The summed E-state index contributed by atoms with van der Waals surface area (Å²) in [6.45, 7) is 1.78. The largest absolute Gasteiger partial charge is 0.469 e. The highest BCUT2D eigenvalue weighted by Crippen LogP contribution is 2.31. The summed E-state index contributed by atoms with van der Waals surface area (Å²) in [5.41, 5.74) is 9.69. The molecule has 2 amide bonds. The molecule has 2 aliphatic rings. The Hall–Kier alpha value is -3.32. The lowest BCUT2D eigenvalue weighted by atomic mass is 9.85. The number of halogens is 1. The van der Waals surface area contributed by atoms with Gasteiger partial charge in [0.25, 0.3) is 0 Å². The van der Waals surface area contributed by atoms with Crippen molar-refractivity contribution in [2.24, 2.45) is 11.7 Å². The molecule has 1 saturated carbocycles. The molecule has 7 nitrogen and oxygen atoms in total. The summed E-state index contributed by atoms with van der Waals surface area (Å²) in [7, 11) is 1.44. The van der Waals surface area contributed by atoms with Crippen molar-refractivity contribution in [1.29, 1.82) is 5.41 Å². The fourth-order valence-corrected chi connectivity index (χ4v) is 5.07. The number of benzene rings is 2. The third kappa shape index (κ3) is 6.46. The van der Waals surface area contributed by atoms with Gasteiger partial charge in [-0.05, 0) is 48.8 Å². The van der Waals surface area contributed by atoms with Crippen LogP contribution in [0.2, 0.25) is 0 Å². The van der Waals surface area contributed by atoms with E-state index in [9.17, 15) is 9.59 Å². The third-order valence-corrected chi connectivity index (χ3v) is 7.16. The van der Waals surface area contributed by atoms with Crippen LogP contribution in [0.5, 0.6) is 0 Å². The summed E-state index contributed by atoms with van der Waals surface area (Å²) in [5, 5.41) is 7.56. The number of methoxy groups -OCH3 is 1. The topological polar surface area (TPSA) is 99.7 Å². The molecule has 4 rings (SSSR count). The second-order valence-corrected chi connectivity index (χ2v) is 9.34. The minimum absolute atomic E-state index is 0. The monoisotopic (exact) mass is 510 g/mol. The normalized spacial score (nSPS) is 19.5. The van der Waals surface area contributed by atoms with Gasteiger partial charge < -0.3 is 20.3 Å². The highest BCUT2D eigenvalue weighted by Gasteiger charge is 2.34. The Bertz CT molecular complexity index is 1080. The van der Waals surface area contributed by atoms with Crippen molar-refractivity contribution in [3.8, 4) is 0 Å². The smallest absolute Gasteiger partial charge is 0.320 e. The van der Waals surface area contributed by atoms with Gasteiger partial charge in [0.2, 0.25) is 0 Å². The van der Waals surface area contributed by atoms with Crippen molar-refractivity contribution in [2.75, 3.05) is 20.2 Å². The molecule has 0 unspecified atom stereocenters. The summed E-state index contributed by atoms with van der Waals surface area (Å²) < 4.78 is 4.94. The maximum absolute atomic E-state index is 13.7. The molecule has 192 valence electrons. The Kier molecular flexibility index (Phi) is 9.53. The standard InChI is InChI=1S/C28H34N4O3.ClH/c1-35-27(33)24-11-13-25(14-12-24)32(19-20-5-3-2-4-6-20)28(34)31-17-15-22(16-18-31)21-7-9-23(10-8-21)26(29)30;/h2-10,15,24-25H,11-14,16-19H2,1H3,(H3,29,30);1H. The highest BCUT2D eigenvalue weighted by molar-refractivity contribution is 5.95. The minimum Gasteiger partial charge on any atom is -0.469 e. The van der Waals surface area contributed by atoms with Gasteiger partial charge in [-0.2, -0.15) is 0 Å². The van der Waals surface area contributed by atoms with Crippen LogP contribution >= 0.6 is 12.4 Å². The van der Waals surface area contributed by atoms with Crippen LogP contribution in [-0.4, -0.2) is 53.9 Å². The van der Waals surface area contributed by atoms with Crippen LogP contribution in [0.4, 0.5) is 4.79 Å². The average molecular weight is 511 g/mol. The van der Waals surface area contributed by atoms with E-state index in [1.807, 2.05) is 52.3 Å². The summed E-state index contributed by atoms with van der Waals surface area (Å²) in [6, 6.07) is 18.0. The molecular weight excluding hydrogens is 476 g/mol. The van der Waals surface area contributed by atoms with Gasteiger partial charge in [-0.3, -0.25) is 10.2 Å². The second kappa shape index (κ2) is 12.6. The van der Waals surface area contributed by atoms with E-state index in [-0.39, 0.29) is 42.2 Å². The molecule has 0 bridgehead atoms. The summed E-state index contributed by atoms with van der Waals surface area (Å²) in [4.78, 5) is 29.6. The molecule has 2 aromatic rings. The average Bonchev–Trinajstić information content (AvgIpc) is 2.92. The minimum atomic E-state index is -0.144. The first-order valence-electron chi connectivity index (χ1n) is 12.3. The van der Waals surface area contributed by atoms with E-state index in [4.69, 9.17) is 15.9 Å². The predicted molar refractivity (Wildman–Crippen MR) is 144 cm³/mol. The summed E-state index contributed by atoms with van der Waals surface area (Å²) in [6.07, 6.45) is 6.00. The maximum Gasteiger partial charge on any atom is 0.320 e. The number of carbonyl (C=O) groups excluding carboxylic acids is 2. The van der Waals surface area contributed by atoms with E-state index >= 15 is 0 Å². The molecule has 3 N–H and O–H groups in total. The first kappa shape index (κ1) is 27.3. The molecule has 0 spiro atoms. The number of urea groups is 1. The van der Waals surface area contributed by atoms with Crippen molar-refractivity contribution < 1.29 is 14.3 Å². The van der Waals surface area contributed by atoms with E-state index in [0.29, 0.717) is 25.2 Å².